The Kier molecular flexibility index (Phi) is 4.12. The van der Waals surface area contributed by atoms with Crippen LogP contribution >= 0.6 is 0 Å². The third kappa shape index (κ3) is 3.54. The topological polar surface area (TPSA) is 55.6 Å². The third-order valence-electron chi connectivity index (χ3n) is 3.09. The number of hydrogen-bond donors (Lipinski definition) is 1. The molecule has 1 aromatic carbocycles. The second kappa shape index (κ2) is 5.80. The largest absolute Gasteiger partial charge is 0.461 e. The Morgan fingerprint density at radius 2 is 1.94 bits per heavy atom. The Morgan fingerprint density at radius 3 is 2.59 bits per heavy atom. The van der Waals surface area contributed by atoms with E-state index in [0.717, 1.165) is 31.5 Å². The molecule has 0 bridgehead atoms. The Balaban J connectivity index is 1.78. The molecule has 0 radical (unpaired) electrons. The van der Waals surface area contributed by atoms with Crippen molar-refractivity contribution < 1.29 is 9.53 Å². The van der Waals surface area contributed by atoms with Crippen LogP contribution in [0.4, 0.5) is 0 Å². The van der Waals surface area contributed by atoms with Crippen molar-refractivity contribution in [1.29, 1.82) is 0 Å². The first kappa shape index (κ1) is 12.1. The van der Waals surface area contributed by atoms with Crippen LogP contribution in [-0.2, 0) is 16.1 Å². The summed E-state index contributed by atoms with van der Waals surface area (Å²) in [4.78, 5) is 11.8. The fraction of sp³-hybridized carbons (Fsp3) is 0.462. The molecule has 4 heteroatoms. The van der Waals surface area contributed by atoms with Gasteiger partial charge in [-0.3, -0.25) is 10.6 Å². The zero-order chi connectivity index (χ0) is 12.1. The number of nitrogens with two attached hydrogens (primary N) is 1. The zero-order valence-corrected chi connectivity index (χ0v) is 9.84. The molecule has 17 heavy (non-hydrogen) atoms. The highest BCUT2D eigenvalue weighted by atomic mass is 16.5. The zero-order valence-electron chi connectivity index (χ0n) is 9.84. The van der Waals surface area contributed by atoms with Gasteiger partial charge in [-0.15, -0.1) is 0 Å². The number of ether oxygens (including phenoxy) is 1. The number of rotatable bonds is 3. The van der Waals surface area contributed by atoms with Crippen LogP contribution in [0.25, 0.3) is 0 Å². The molecule has 0 spiro atoms. The first-order valence-corrected chi connectivity index (χ1v) is 5.96. The van der Waals surface area contributed by atoms with Crippen LogP contribution in [-0.4, -0.2) is 24.1 Å². The van der Waals surface area contributed by atoms with E-state index in [2.05, 4.69) is 0 Å². The van der Waals surface area contributed by atoms with Gasteiger partial charge in [-0.1, -0.05) is 30.3 Å². The molecule has 1 saturated heterocycles. The summed E-state index contributed by atoms with van der Waals surface area (Å²) in [6, 6.07) is 9.74. The van der Waals surface area contributed by atoms with Crippen LogP contribution < -0.4 is 5.84 Å². The molecule has 1 aromatic rings. The quantitative estimate of drug-likeness (QED) is 0.633. The second-order valence-corrected chi connectivity index (χ2v) is 4.40. The summed E-state index contributed by atoms with van der Waals surface area (Å²) in [5.74, 6) is 5.56. The molecule has 2 N–H and O–H groups in total. The van der Waals surface area contributed by atoms with Gasteiger partial charge in [0.2, 0.25) is 0 Å². The van der Waals surface area contributed by atoms with E-state index in [4.69, 9.17) is 10.6 Å². The van der Waals surface area contributed by atoms with Crippen molar-refractivity contribution in [2.45, 2.75) is 19.4 Å². The summed E-state index contributed by atoms with van der Waals surface area (Å²) in [5.41, 5.74) is 1.03. The highest BCUT2D eigenvalue weighted by Gasteiger charge is 2.24. The minimum Gasteiger partial charge on any atom is -0.461 e. The minimum absolute atomic E-state index is 0.0125. The predicted octanol–water partition coefficient (Wildman–Crippen LogP) is 1.32. The van der Waals surface area contributed by atoms with Crippen LogP contribution in [0.1, 0.15) is 18.4 Å². The smallest absolute Gasteiger partial charge is 0.309 e. The predicted molar refractivity (Wildman–Crippen MR) is 64.7 cm³/mol. The number of hydrazine groups is 1. The summed E-state index contributed by atoms with van der Waals surface area (Å²) < 4.78 is 5.30. The molecule has 0 saturated carbocycles. The maximum Gasteiger partial charge on any atom is 0.309 e. The fourth-order valence-corrected chi connectivity index (χ4v) is 1.98. The molecule has 0 unspecified atom stereocenters. The van der Waals surface area contributed by atoms with E-state index in [-0.39, 0.29) is 11.9 Å². The van der Waals surface area contributed by atoms with Gasteiger partial charge in [-0.25, -0.2) is 5.01 Å². The van der Waals surface area contributed by atoms with Crippen LogP contribution in [0.15, 0.2) is 30.3 Å². The average molecular weight is 234 g/mol. The standard InChI is InChI=1S/C13H18N2O2/c14-15-8-6-12(7-9-15)13(16)17-10-11-4-2-1-3-5-11/h1-5,12H,6-10,14H2. The number of nitrogens with zero attached hydrogens (tertiary/aromatic N) is 1. The molecule has 0 amide bonds. The third-order valence-corrected chi connectivity index (χ3v) is 3.09. The van der Waals surface area contributed by atoms with Gasteiger partial charge in [0.25, 0.3) is 0 Å². The van der Waals surface area contributed by atoms with Crippen LogP contribution in [0.2, 0.25) is 0 Å². The molecule has 1 heterocycles. The minimum atomic E-state index is -0.0954. The molecule has 2 rings (SSSR count). The fourth-order valence-electron chi connectivity index (χ4n) is 1.98. The molecule has 0 atom stereocenters. The van der Waals surface area contributed by atoms with E-state index >= 15 is 0 Å². The monoisotopic (exact) mass is 234 g/mol. The number of carbonyl (C=O) groups excluding carboxylic acids is 1. The van der Waals surface area contributed by atoms with Gasteiger partial charge in [0.1, 0.15) is 6.61 Å². The van der Waals surface area contributed by atoms with Gasteiger partial charge < -0.3 is 4.74 Å². The highest BCUT2D eigenvalue weighted by molar-refractivity contribution is 5.72. The van der Waals surface area contributed by atoms with Crippen molar-refractivity contribution in [2.24, 2.45) is 11.8 Å². The lowest BCUT2D eigenvalue weighted by Crippen LogP contribution is -2.41. The van der Waals surface area contributed by atoms with Gasteiger partial charge in [0.15, 0.2) is 0 Å². The van der Waals surface area contributed by atoms with E-state index in [0.29, 0.717) is 6.61 Å². The molecule has 4 nitrogen and oxygen atoms in total. The van der Waals surface area contributed by atoms with E-state index in [1.165, 1.54) is 0 Å². The number of esters is 1. The lowest BCUT2D eigenvalue weighted by atomic mass is 9.98. The Hall–Kier alpha value is -1.39. The SMILES string of the molecule is NN1CCC(C(=O)OCc2ccccc2)CC1. The number of piperidine rings is 1. The van der Waals surface area contributed by atoms with Crippen molar-refractivity contribution in [1.82, 2.24) is 5.01 Å². The molecular weight excluding hydrogens is 216 g/mol. The van der Waals surface area contributed by atoms with Crippen LogP contribution in [0.5, 0.6) is 0 Å². The van der Waals surface area contributed by atoms with Crippen LogP contribution in [0, 0.1) is 5.92 Å². The second-order valence-electron chi connectivity index (χ2n) is 4.40. The van der Waals surface area contributed by atoms with Gasteiger partial charge in [-0.05, 0) is 18.4 Å². The van der Waals surface area contributed by atoms with Crippen molar-refractivity contribution in [3.05, 3.63) is 35.9 Å². The van der Waals surface area contributed by atoms with E-state index < -0.39 is 0 Å². The average Bonchev–Trinajstić information content (AvgIpc) is 2.38. The first-order chi connectivity index (χ1) is 8.25. The molecule has 0 aromatic heterocycles. The van der Waals surface area contributed by atoms with E-state index in [1.54, 1.807) is 5.01 Å². The van der Waals surface area contributed by atoms with Crippen LogP contribution in [0.3, 0.4) is 0 Å². The number of carbonyl (C=O) groups is 1. The van der Waals surface area contributed by atoms with Crippen molar-refractivity contribution in [3.63, 3.8) is 0 Å². The number of benzene rings is 1. The maximum absolute atomic E-state index is 11.8. The highest BCUT2D eigenvalue weighted by Crippen LogP contribution is 2.17. The summed E-state index contributed by atoms with van der Waals surface area (Å²) in [5, 5.41) is 1.75. The van der Waals surface area contributed by atoms with Crippen molar-refractivity contribution >= 4 is 5.97 Å². The molecule has 1 aliphatic heterocycles. The Bertz CT molecular complexity index is 359. The summed E-state index contributed by atoms with van der Waals surface area (Å²) in [6.07, 6.45) is 1.59. The van der Waals surface area contributed by atoms with Gasteiger partial charge in [0, 0.05) is 13.1 Å². The van der Waals surface area contributed by atoms with Crippen molar-refractivity contribution in [3.8, 4) is 0 Å². The maximum atomic E-state index is 11.8. The molecule has 1 aliphatic rings. The molecular formula is C13H18N2O2. The normalized spacial score (nSPS) is 17.9. The lowest BCUT2D eigenvalue weighted by Gasteiger charge is -2.27. The van der Waals surface area contributed by atoms with Gasteiger partial charge >= 0.3 is 5.97 Å². The summed E-state index contributed by atoms with van der Waals surface area (Å²) >= 11 is 0. The summed E-state index contributed by atoms with van der Waals surface area (Å²) in [7, 11) is 0. The van der Waals surface area contributed by atoms with E-state index in [1.807, 2.05) is 30.3 Å². The first-order valence-electron chi connectivity index (χ1n) is 5.96. The molecule has 1 fully saturated rings. The van der Waals surface area contributed by atoms with Gasteiger partial charge in [0.05, 0.1) is 5.92 Å². The summed E-state index contributed by atoms with van der Waals surface area (Å²) in [6.45, 7) is 1.90. The lowest BCUT2D eigenvalue weighted by molar-refractivity contribution is -0.151. The molecule has 92 valence electrons. The van der Waals surface area contributed by atoms with Crippen molar-refractivity contribution in [2.75, 3.05) is 13.1 Å². The van der Waals surface area contributed by atoms with E-state index in [9.17, 15) is 4.79 Å². The Morgan fingerprint density at radius 1 is 1.29 bits per heavy atom. The molecule has 0 aliphatic carbocycles. The van der Waals surface area contributed by atoms with Gasteiger partial charge in [-0.2, -0.15) is 0 Å². The number of hydrogen-bond acceptors (Lipinski definition) is 4. The Labute approximate surface area is 101 Å².